The zero-order chi connectivity index (χ0) is 19.0. The SMILES string of the molecule is COc1ccc(OC)c(NC(=O)C(C)(C)C(=O)NCCCN(C)C)c1. The van der Waals surface area contributed by atoms with Crippen LogP contribution in [0.1, 0.15) is 20.3 Å². The van der Waals surface area contributed by atoms with Gasteiger partial charge in [-0.15, -0.1) is 0 Å². The van der Waals surface area contributed by atoms with Crippen LogP contribution in [0.4, 0.5) is 5.69 Å². The van der Waals surface area contributed by atoms with E-state index in [-0.39, 0.29) is 5.91 Å². The Hall–Kier alpha value is -2.28. The van der Waals surface area contributed by atoms with Gasteiger partial charge in [-0.05, 0) is 53.0 Å². The average Bonchev–Trinajstić information content (AvgIpc) is 2.57. The van der Waals surface area contributed by atoms with Gasteiger partial charge in [0.25, 0.3) is 0 Å². The second-order valence-corrected chi connectivity index (χ2v) is 6.56. The molecule has 0 aliphatic carbocycles. The second-order valence-electron chi connectivity index (χ2n) is 6.56. The first-order chi connectivity index (χ1) is 11.7. The van der Waals surface area contributed by atoms with E-state index in [0.717, 1.165) is 13.0 Å². The lowest BCUT2D eigenvalue weighted by Gasteiger charge is -2.23. The number of anilines is 1. The van der Waals surface area contributed by atoms with Gasteiger partial charge in [0.2, 0.25) is 11.8 Å². The number of hydrogen-bond donors (Lipinski definition) is 2. The van der Waals surface area contributed by atoms with E-state index >= 15 is 0 Å². The van der Waals surface area contributed by atoms with Crippen molar-refractivity contribution in [2.24, 2.45) is 5.41 Å². The molecule has 0 unspecified atom stereocenters. The third kappa shape index (κ3) is 5.94. The lowest BCUT2D eigenvalue weighted by atomic mass is 9.91. The Morgan fingerprint density at radius 2 is 1.80 bits per heavy atom. The zero-order valence-corrected chi connectivity index (χ0v) is 15.9. The summed E-state index contributed by atoms with van der Waals surface area (Å²) in [5.74, 6) is 0.355. The molecule has 25 heavy (non-hydrogen) atoms. The Balaban J connectivity index is 2.75. The van der Waals surface area contributed by atoms with Crippen molar-refractivity contribution in [3.63, 3.8) is 0 Å². The molecule has 2 amide bonds. The molecule has 0 fully saturated rings. The Morgan fingerprint density at radius 3 is 2.36 bits per heavy atom. The van der Waals surface area contributed by atoms with Gasteiger partial charge in [-0.2, -0.15) is 0 Å². The van der Waals surface area contributed by atoms with Crippen LogP contribution in [0.2, 0.25) is 0 Å². The summed E-state index contributed by atoms with van der Waals surface area (Å²) in [6, 6.07) is 5.08. The van der Waals surface area contributed by atoms with E-state index in [1.54, 1.807) is 39.2 Å². The summed E-state index contributed by atoms with van der Waals surface area (Å²) >= 11 is 0. The van der Waals surface area contributed by atoms with Gasteiger partial charge >= 0.3 is 0 Å². The Bertz CT molecular complexity index is 600. The molecule has 0 spiro atoms. The minimum Gasteiger partial charge on any atom is -0.497 e. The maximum atomic E-state index is 12.6. The highest BCUT2D eigenvalue weighted by Gasteiger charge is 2.36. The maximum absolute atomic E-state index is 12.6. The van der Waals surface area contributed by atoms with Crippen LogP contribution in [0.5, 0.6) is 11.5 Å². The van der Waals surface area contributed by atoms with Crippen LogP contribution >= 0.6 is 0 Å². The normalized spacial score (nSPS) is 11.2. The number of nitrogens with zero attached hydrogens (tertiary/aromatic N) is 1. The van der Waals surface area contributed by atoms with Gasteiger partial charge in [-0.1, -0.05) is 0 Å². The van der Waals surface area contributed by atoms with E-state index in [1.807, 2.05) is 19.0 Å². The van der Waals surface area contributed by atoms with Gasteiger partial charge in [0.15, 0.2) is 0 Å². The molecular weight excluding hydrogens is 322 g/mol. The van der Waals surface area contributed by atoms with Crippen LogP contribution in [0.25, 0.3) is 0 Å². The summed E-state index contributed by atoms with van der Waals surface area (Å²) < 4.78 is 10.4. The molecule has 0 saturated carbocycles. The zero-order valence-electron chi connectivity index (χ0n) is 15.9. The fourth-order valence-electron chi connectivity index (χ4n) is 2.11. The van der Waals surface area contributed by atoms with Crippen molar-refractivity contribution in [3.8, 4) is 11.5 Å². The molecule has 0 heterocycles. The summed E-state index contributed by atoms with van der Waals surface area (Å²) in [6.07, 6.45) is 0.820. The minimum atomic E-state index is -1.22. The monoisotopic (exact) mass is 351 g/mol. The standard InChI is InChI=1S/C18H29N3O4/c1-18(2,16(22)19-10-7-11-21(3)4)17(23)20-14-12-13(24-5)8-9-15(14)25-6/h8-9,12H,7,10-11H2,1-6H3,(H,19,22)(H,20,23). The number of nitrogens with one attached hydrogen (secondary N) is 2. The number of methoxy groups -OCH3 is 2. The van der Waals surface area contributed by atoms with Crippen LogP contribution in [-0.2, 0) is 9.59 Å². The molecule has 7 nitrogen and oxygen atoms in total. The van der Waals surface area contributed by atoms with E-state index in [4.69, 9.17) is 9.47 Å². The number of carbonyl (C=O) groups excluding carboxylic acids is 2. The van der Waals surface area contributed by atoms with Crippen molar-refractivity contribution in [1.82, 2.24) is 10.2 Å². The summed E-state index contributed by atoms with van der Waals surface area (Å²) in [5.41, 5.74) is -0.757. The van der Waals surface area contributed by atoms with Crippen LogP contribution in [0, 0.1) is 5.41 Å². The average molecular weight is 351 g/mol. The van der Waals surface area contributed by atoms with Crippen molar-refractivity contribution in [3.05, 3.63) is 18.2 Å². The Kier molecular flexibility index (Phi) is 7.70. The topological polar surface area (TPSA) is 79.9 Å². The molecule has 7 heteroatoms. The molecule has 0 saturated heterocycles. The minimum absolute atomic E-state index is 0.314. The van der Waals surface area contributed by atoms with Crippen molar-refractivity contribution < 1.29 is 19.1 Å². The van der Waals surface area contributed by atoms with Crippen molar-refractivity contribution in [2.75, 3.05) is 46.7 Å². The molecule has 0 aromatic heterocycles. The van der Waals surface area contributed by atoms with Gasteiger partial charge in [0.1, 0.15) is 16.9 Å². The molecular formula is C18H29N3O4. The second kappa shape index (κ2) is 9.27. The molecule has 0 atom stereocenters. The van der Waals surface area contributed by atoms with Crippen LogP contribution in [0.15, 0.2) is 18.2 Å². The lowest BCUT2D eigenvalue weighted by molar-refractivity contribution is -0.138. The number of rotatable bonds is 9. The van der Waals surface area contributed by atoms with Gasteiger partial charge in [-0.25, -0.2) is 0 Å². The molecule has 0 aliphatic rings. The predicted octanol–water partition coefficient (Wildman–Crippen LogP) is 1.74. The fraction of sp³-hybridized carbons (Fsp3) is 0.556. The van der Waals surface area contributed by atoms with E-state index < -0.39 is 11.3 Å². The van der Waals surface area contributed by atoms with Crippen molar-refractivity contribution in [1.29, 1.82) is 0 Å². The molecule has 140 valence electrons. The first-order valence-corrected chi connectivity index (χ1v) is 8.19. The molecule has 0 radical (unpaired) electrons. The van der Waals surface area contributed by atoms with Crippen LogP contribution < -0.4 is 20.1 Å². The largest absolute Gasteiger partial charge is 0.497 e. The maximum Gasteiger partial charge on any atom is 0.239 e. The van der Waals surface area contributed by atoms with Gasteiger partial charge in [0, 0.05) is 12.6 Å². The highest BCUT2D eigenvalue weighted by Crippen LogP contribution is 2.30. The fourth-order valence-corrected chi connectivity index (χ4v) is 2.11. The number of carbonyl (C=O) groups is 2. The number of benzene rings is 1. The van der Waals surface area contributed by atoms with Crippen molar-refractivity contribution in [2.45, 2.75) is 20.3 Å². The summed E-state index contributed by atoms with van der Waals surface area (Å²) in [6.45, 7) is 4.58. The summed E-state index contributed by atoms with van der Waals surface area (Å²) in [7, 11) is 7.00. The predicted molar refractivity (Wildman–Crippen MR) is 98.1 cm³/mol. The molecule has 1 rings (SSSR count). The van der Waals surface area contributed by atoms with Gasteiger partial charge in [0.05, 0.1) is 19.9 Å². The van der Waals surface area contributed by atoms with Gasteiger partial charge < -0.3 is 25.0 Å². The van der Waals surface area contributed by atoms with E-state index in [0.29, 0.717) is 23.7 Å². The highest BCUT2D eigenvalue weighted by molar-refractivity contribution is 6.10. The first-order valence-electron chi connectivity index (χ1n) is 8.19. The lowest BCUT2D eigenvalue weighted by Crippen LogP contribution is -2.45. The quantitative estimate of drug-likeness (QED) is 0.523. The van der Waals surface area contributed by atoms with E-state index in [2.05, 4.69) is 10.6 Å². The van der Waals surface area contributed by atoms with Crippen LogP contribution in [0.3, 0.4) is 0 Å². The first kappa shape index (κ1) is 20.8. The summed E-state index contributed by atoms with van der Waals surface area (Å²) in [5, 5.41) is 5.57. The smallest absolute Gasteiger partial charge is 0.239 e. The number of amides is 2. The third-order valence-electron chi connectivity index (χ3n) is 3.86. The molecule has 0 aliphatic heterocycles. The van der Waals surface area contributed by atoms with E-state index in [9.17, 15) is 9.59 Å². The molecule has 1 aromatic rings. The molecule has 2 N–H and O–H groups in total. The number of hydrogen-bond acceptors (Lipinski definition) is 5. The molecule has 0 bridgehead atoms. The Labute approximate surface area is 149 Å². The highest BCUT2D eigenvalue weighted by atomic mass is 16.5. The molecule has 1 aromatic carbocycles. The summed E-state index contributed by atoms with van der Waals surface area (Å²) in [4.78, 5) is 27.0. The van der Waals surface area contributed by atoms with Crippen LogP contribution in [-0.4, -0.2) is 58.1 Å². The van der Waals surface area contributed by atoms with E-state index in [1.165, 1.54) is 7.11 Å². The number of ether oxygens (including phenoxy) is 2. The van der Waals surface area contributed by atoms with Gasteiger partial charge in [-0.3, -0.25) is 9.59 Å². The Morgan fingerprint density at radius 1 is 1.12 bits per heavy atom. The van der Waals surface area contributed by atoms with Crippen molar-refractivity contribution >= 4 is 17.5 Å². The third-order valence-corrected chi connectivity index (χ3v) is 3.86.